The van der Waals surface area contributed by atoms with Gasteiger partial charge in [-0.05, 0) is 99.8 Å². The Labute approximate surface area is 213 Å². The summed E-state index contributed by atoms with van der Waals surface area (Å²) in [5, 5.41) is 0. The fourth-order valence-electron chi connectivity index (χ4n) is 6.52. The van der Waals surface area contributed by atoms with Gasteiger partial charge in [0.05, 0.1) is 5.69 Å². The maximum absolute atomic E-state index is 5.00. The van der Waals surface area contributed by atoms with E-state index in [9.17, 15) is 0 Å². The molecule has 2 aliphatic carbocycles. The Bertz CT molecular complexity index is 1300. The lowest BCUT2D eigenvalue weighted by atomic mass is 9.63. The molecule has 0 aliphatic heterocycles. The quantitative estimate of drug-likeness (QED) is 0.367. The zero-order chi connectivity index (χ0) is 25.4. The van der Waals surface area contributed by atoms with Gasteiger partial charge in [-0.1, -0.05) is 85.7 Å². The molecular weight excluding hydrogens is 422 g/mol. The van der Waals surface area contributed by atoms with Crippen LogP contribution in [-0.4, -0.2) is 4.98 Å². The van der Waals surface area contributed by atoms with E-state index in [0.717, 1.165) is 5.69 Å². The van der Waals surface area contributed by atoms with Crippen LogP contribution in [0.3, 0.4) is 0 Å². The fourth-order valence-corrected chi connectivity index (χ4v) is 6.52. The Balaban J connectivity index is 1.55. The number of benzene rings is 2. The molecule has 184 valence electrons. The first kappa shape index (κ1) is 24.3. The van der Waals surface area contributed by atoms with Gasteiger partial charge in [-0.2, -0.15) is 0 Å². The minimum absolute atomic E-state index is 0.208. The van der Waals surface area contributed by atoms with Crippen LogP contribution in [0.25, 0.3) is 22.4 Å². The molecule has 5 rings (SSSR count). The number of aryl methyl sites for hydroxylation is 1. The minimum atomic E-state index is 0.208. The molecule has 0 N–H and O–H groups in total. The molecule has 2 aliphatic rings. The smallest absolute Gasteiger partial charge is 0.0705 e. The largest absolute Gasteiger partial charge is 0.256 e. The Morgan fingerprint density at radius 1 is 0.543 bits per heavy atom. The van der Waals surface area contributed by atoms with E-state index in [2.05, 4.69) is 111 Å². The molecule has 1 heterocycles. The first-order chi connectivity index (χ1) is 16.2. The summed E-state index contributed by atoms with van der Waals surface area (Å²) in [6.07, 6.45) is 7.05. The second kappa shape index (κ2) is 7.79. The highest BCUT2D eigenvalue weighted by Gasteiger charge is 2.38. The molecule has 0 unspecified atom stereocenters. The summed E-state index contributed by atoms with van der Waals surface area (Å²) < 4.78 is 0. The molecule has 2 aromatic carbocycles. The van der Waals surface area contributed by atoms with Crippen LogP contribution in [-0.2, 0) is 21.7 Å². The van der Waals surface area contributed by atoms with E-state index in [4.69, 9.17) is 4.98 Å². The standard InChI is InChI=1S/C34H43N/c1-22-18-30(24-11-13-27-29(20-24)34(8,9)17-15-32(27,4)5)35-21-25(22)23-10-12-26-28(19-23)33(6,7)16-14-31(26,2)3/h10-13,18-21H,14-17H2,1-9H3. The maximum Gasteiger partial charge on any atom is 0.0705 e. The first-order valence-electron chi connectivity index (χ1n) is 13.5. The molecular formula is C34H43N. The fraction of sp³-hybridized carbons (Fsp3) is 0.500. The summed E-state index contributed by atoms with van der Waals surface area (Å²) in [6, 6.07) is 16.5. The van der Waals surface area contributed by atoms with Crippen LogP contribution in [0.5, 0.6) is 0 Å². The lowest BCUT2D eigenvalue weighted by Crippen LogP contribution is -2.33. The highest BCUT2D eigenvalue weighted by atomic mass is 14.7. The van der Waals surface area contributed by atoms with E-state index in [1.165, 1.54) is 70.2 Å². The summed E-state index contributed by atoms with van der Waals surface area (Å²) in [7, 11) is 0. The Kier molecular flexibility index (Phi) is 5.41. The van der Waals surface area contributed by atoms with Gasteiger partial charge >= 0.3 is 0 Å². The van der Waals surface area contributed by atoms with E-state index in [0.29, 0.717) is 0 Å². The average Bonchev–Trinajstić information content (AvgIpc) is 2.80. The van der Waals surface area contributed by atoms with Gasteiger partial charge in [0.15, 0.2) is 0 Å². The van der Waals surface area contributed by atoms with Crippen molar-refractivity contribution in [1.29, 1.82) is 0 Å². The van der Waals surface area contributed by atoms with E-state index >= 15 is 0 Å². The van der Waals surface area contributed by atoms with Crippen LogP contribution in [0, 0.1) is 6.92 Å². The molecule has 0 spiro atoms. The molecule has 1 nitrogen and oxygen atoms in total. The number of aromatic nitrogens is 1. The molecule has 0 atom stereocenters. The van der Waals surface area contributed by atoms with Crippen LogP contribution < -0.4 is 0 Å². The van der Waals surface area contributed by atoms with E-state index < -0.39 is 0 Å². The third-order valence-corrected chi connectivity index (χ3v) is 9.42. The van der Waals surface area contributed by atoms with E-state index in [-0.39, 0.29) is 21.7 Å². The number of nitrogens with zero attached hydrogens (tertiary/aromatic N) is 1. The first-order valence-corrected chi connectivity index (χ1v) is 13.5. The Morgan fingerprint density at radius 3 is 1.46 bits per heavy atom. The average molecular weight is 466 g/mol. The highest BCUT2D eigenvalue weighted by Crippen LogP contribution is 2.48. The molecule has 35 heavy (non-hydrogen) atoms. The van der Waals surface area contributed by atoms with Crippen molar-refractivity contribution in [2.45, 2.75) is 110 Å². The normalized spacial score (nSPS) is 21.2. The number of pyridine rings is 1. The van der Waals surface area contributed by atoms with Crippen LogP contribution in [0.2, 0.25) is 0 Å². The summed E-state index contributed by atoms with van der Waals surface area (Å²) in [5.74, 6) is 0. The summed E-state index contributed by atoms with van der Waals surface area (Å²) >= 11 is 0. The maximum atomic E-state index is 5.00. The molecule has 0 amide bonds. The lowest BCUT2D eigenvalue weighted by molar-refractivity contribution is 0.332. The molecule has 1 aromatic heterocycles. The van der Waals surface area contributed by atoms with Crippen molar-refractivity contribution >= 4 is 0 Å². The van der Waals surface area contributed by atoms with Gasteiger partial charge in [0.25, 0.3) is 0 Å². The van der Waals surface area contributed by atoms with Gasteiger partial charge in [0, 0.05) is 17.3 Å². The van der Waals surface area contributed by atoms with Crippen LogP contribution >= 0.6 is 0 Å². The van der Waals surface area contributed by atoms with Crippen molar-refractivity contribution < 1.29 is 0 Å². The second-order valence-electron chi connectivity index (χ2n) is 13.9. The van der Waals surface area contributed by atoms with Crippen molar-refractivity contribution in [1.82, 2.24) is 4.98 Å². The Morgan fingerprint density at radius 2 is 0.971 bits per heavy atom. The molecule has 0 saturated carbocycles. The van der Waals surface area contributed by atoms with Crippen molar-refractivity contribution in [2.24, 2.45) is 0 Å². The van der Waals surface area contributed by atoms with Crippen molar-refractivity contribution in [3.63, 3.8) is 0 Å². The van der Waals surface area contributed by atoms with Gasteiger partial charge in [-0.25, -0.2) is 0 Å². The summed E-state index contributed by atoms with van der Waals surface area (Å²) in [4.78, 5) is 5.00. The van der Waals surface area contributed by atoms with Crippen LogP contribution in [0.1, 0.15) is 109 Å². The molecule has 1 heteroatoms. The third kappa shape index (κ3) is 4.05. The number of fused-ring (bicyclic) bond motifs is 2. The van der Waals surface area contributed by atoms with Crippen molar-refractivity contribution in [3.05, 3.63) is 76.5 Å². The van der Waals surface area contributed by atoms with Gasteiger partial charge in [-0.3, -0.25) is 4.98 Å². The number of hydrogen-bond donors (Lipinski definition) is 0. The van der Waals surface area contributed by atoms with Crippen molar-refractivity contribution in [2.75, 3.05) is 0 Å². The topological polar surface area (TPSA) is 12.9 Å². The Hall–Kier alpha value is -2.41. The number of hydrogen-bond acceptors (Lipinski definition) is 1. The second-order valence-corrected chi connectivity index (χ2v) is 13.9. The zero-order valence-electron chi connectivity index (χ0n) is 23.4. The number of rotatable bonds is 2. The SMILES string of the molecule is Cc1cc(-c2ccc3c(c2)C(C)(C)CCC3(C)C)ncc1-c1ccc2c(c1)C(C)(C)CCC2(C)C. The molecule has 3 aromatic rings. The molecule has 0 saturated heterocycles. The summed E-state index contributed by atoms with van der Waals surface area (Å²) in [5.41, 5.74) is 13.1. The van der Waals surface area contributed by atoms with Gasteiger partial charge in [0.2, 0.25) is 0 Å². The third-order valence-electron chi connectivity index (χ3n) is 9.42. The van der Waals surface area contributed by atoms with Crippen LogP contribution in [0.15, 0.2) is 48.7 Å². The minimum Gasteiger partial charge on any atom is -0.256 e. The van der Waals surface area contributed by atoms with Gasteiger partial charge < -0.3 is 0 Å². The lowest BCUT2D eigenvalue weighted by Gasteiger charge is -2.42. The predicted molar refractivity (Wildman–Crippen MR) is 150 cm³/mol. The molecule has 0 fully saturated rings. The van der Waals surface area contributed by atoms with E-state index in [1.54, 1.807) is 0 Å². The molecule has 0 bridgehead atoms. The van der Waals surface area contributed by atoms with Gasteiger partial charge in [-0.15, -0.1) is 0 Å². The highest BCUT2D eigenvalue weighted by molar-refractivity contribution is 5.72. The monoisotopic (exact) mass is 465 g/mol. The predicted octanol–water partition coefficient (Wildman–Crippen LogP) is 9.42. The van der Waals surface area contributed by atoms with Crippen LogP contribution in [0.4, 0.5) is 0 Å². The summed E-state index contributed by atoms with van der Waals surface area (Å²) in [6.45, 7) is 21.4. The van der Waals surface area contributed by atoms with E-state index in [1.807, 2.05) is 0 Å². The van der Waals surface area contributed by atoms with Crippen molar-refractivity contribution in [3.8, 4) is 22.4 Å². The molecule has 0 radical (unpaired) electrons. The van der Waals surface area contributed by atoms with Gasteiger partial charge in [0.1, 0.15) is 0 Å². The zero-order valence-corrected chi connectivity index (χ0v) is 23.4.